The number of hydrogen-bond acceptors (Lipinski definition) is 1. The zero-order valence-electron chi connectivity index (χ0n) is 11.3. The molecule has 0 aliphatic carbocycles. The van der Waals surface area contributed by atoms with Crippen LogP contribution in [0, 0.1) is 0 Å². The summed E-state index contributed by atoms with van der Waals surface area (Å²) in [6, 6.07) is 8.83. The molecule has 0 saturated carbocycles. The fourth-order valence-electron chi connectivity index (χ4n) is 1.53. The van der Waals surface area contributed by atoms with Gasteiger partial charge in [0.15, 0.2) is 0 Å². The van der Waals surface area contributed by atoms with Gasteiger partial charge in [-0.25, -0.2) is 0 Å². The maximum absolute atomic E-state index is 5.31. The van der Waals surface area contributed by atoms with Gasteiger partial charge >= 0.3 is 0 Å². The first-order chi connectivity index (χ1) is 7.86. The lowest BCUT2D eigenvalue weighted by Crippen LogP contribution is -1.96. The summed E-state index contributed by atoms with van der Waals surface area (Å²) >= 11 is 0. The molecule has 0 spiro atoms. The Labute approximate surface area is 101 Å². The smallest absolute Gasteiger partial charge is 0.0469 e. The van der Waals surface area contributed by atoms with Crippen LogP contribution >= 0.6 is 0 Å². The van der Waals surface area contributed by atoms with E-state index in [1.165, 1.54) is 11.1 Å². The summed E-state index contributed by atoms with van der Waals surface area (Å²) in [5, 5.41) is 0. The molecule has 0 aliphatic rings. The van der Waals surface area contributed by atoms with Crippen molar-refractivity contribution in [3.63, 3.8) is 0 Å². The lowest BCUT2D eigenvalue weighted by molar-refractivity contribution is 0.145. The van der Waals surface area contributed by atoms with Gasteiger partial charge in [0.05, 0.1) is 0 Å². The number of rotatable bonds is 6. The SMILES string of the molecule is CC.CCOCCCc1cccc(CC)c1. The molecule has 92 valence electrons. The van der Waals surface area contributed by atoms with Crippen molar-refractivity contribution in [1.82, 2.24) is 0 Å². The van der Waals surface area contributed by atoms with E-state index in [2.05, 4.69) is 31.2 Å². The Morgan fingerprint density at radius 1 is 1.06 bits per heavy atom. The molecule has 0 bridgehead atoms. The van der Waals surface area contributed by atoms with Crippen LogP contribution in [0.3, 0.4) is 0 Å². The Morgan fingerprint density at radius 2 is 1.75 bits per heavy atom. The third-order valence-electron chi connectivity index (χ3n) is 2.36. The molecule has 0 heterocycles. The fourth-order valence-corrected chi connectivity index (χ4v) is 1.53. The first-order valence-corrected chi connectivity index (χ1v) is 6.52. The second-order valence-corrected chi connectivity index (χ2v) is 3.47. The number of aryl methyl sites for hydroxylation is 2. The quantitative estimate of drug-likeness (QED) is 0.654. The average Bonchev–Trinajstić information content (AvgIpc) is 2.37. The van der Waals surface area contributed by atoms with Gasteiger partial charge in [-0.2, -0.15) is 0 Å². The van der Waals surface area contributed by atoms with Crippen LogP contribution in [-0.4, -0.2) is 13.2 Å². The van der Waals surface area contributed by atoms with Gasteiger partial charge in [0, 0.05) is 13.2 Å². The van der Waals surface area contributed by atoms with Crippen molar-refractivity contribution in [2.45, 2.75) is 47.0 Å². The highest BCUT2D eigenvalue weighted by Gasteiger charge is 1.94. The number of benzene rings is 1. The lowest BCUT2D eigenvalue weighted by atomic mass is 10.1. The molecule has 1 aromatic rings. The van der Waals surface area contributed by atoms with Crippen LogP contribution in [0.15, 0.2) is 24.3 Å². The molecule has 0 unspecified atom stereocenters. The zero-order valence-corrected chi connectivity index (χ0v) is 11.3. The third kappa shape index (κ3) is 6.62. The molecular weight excluding hydrogens is 196 g/mol. The van der Waals surface area contributed by atoms with E-state index in [-0.39, 0.29) is 0 Å². The summed E-state index contributed by atoms with van der Waals surface area (Å²) in [6.07, 6.45) is 3.38. The van der Waals surface area contributed by atoms with E-state index < -0.39 is 0 Å². The summed E-state index contributed by atoms with van der Waals surface area (Å²) in [6.45, 7) is 9.94. The van der Waals surface area contributed by atoms with Gasteiger partial charge in [-0.1, -0.05) is 45.0 Å². The van der Waals surface area contributed by atoms with Gasteiger partial charge < -0.3 is 4.74 Å². The first-order valence-electron chi connectivity index (χ1n) is 6.52. The summed E-state index contributed by atoms with van der Waals surface area (Å²) in [5.41, 5.74) is 2.86. The molecule has 0 fully saturated rings. The highest BCUT2D eigenvalue weighted by atomic mass is 16.5. The van der Waals surface area contributed by atoms with Crippen molar-refractivity contribution < 1.29 is 4.74 Å². The molecule has 0 radical (unpaired) electrons. The highest BCUT2D eigenvalue weighted by molar-refractivity contribution is 5.23. The molecule has 0 saturated heterocycles. The van der Waals surface area contributed by atoms with Crippen LogP contribution in [-0.2, 0) is 17.6 Å². The van der Waals surface area contributed by atoms with Crippen LogP contribution < -0.4 is 0 Å². The Morgan fingerprint density at radius 3 is 2.38 bits per heavy atom. The van der Waals surface area contributed by atoms with Crippen molar-refractivity contribution in [3.05, 3.63) is 35.4 Å². The van der Waals surface area contributed by atoms with Gasteiger partial charge in [0.25, 0.3) is 0 Å². The highest BCUT2D eigenvalue weighted by Crippen LogP contribution is 2.08. The average molecular weight is 222 g/mol. The van der Waals surface area contributed by atoms with E-state index in [0.29, 0.717) is 0 Å². The predicted octanol–water partition coefficient (Wildman–Crippen LogP) is 4.24. The van der Waals surface area contributed by atoms with Crippen LogP contribution in [0.1, 0.15) is 45.2 Å². The first kappa shape index (κ1) is 15.2. The summed E-state index contributed by atoms with van der Waals surface area (Å²) in [4.78, 5) is 0. The maximum Gasteiger partial charge on any atom is 0.0469 e. The van der Waals surface area contributed by atoms with E-state index in [9.17, 15) is 0 Å². The van der Waals surface area contributed by atoms with Gasteiger partial charge in [-0.3, -0.25) is 0 Å². The Bertz CT molecular complexity index is 255. The van der Waals surface area contributed by atoms with Gasteiger partial charge in [0.2, 0.25) is 0 Å². The summed E-state index contributed by atoms with van der Waals surface area (Å²) in [7, 11) is 0. The Hall–Kier alpha value is -0.820. The molecule has 1 aromatic carbocycles. The van der Waals surface area contributed by atoms with Gasteiger partial charge in [-0.15, -0.1) is 0 Å². The monoisotopic (exact) mass is 222 g/mol. The van der Waals surface area contributed by atoms with E-state index in [1.54, 1.807) is 0 Å². The van der Waals surface area contributed by atoms with Crippen molar-refractivity contribution in [1.29, 1.82) is 0 Å². The maximum atomic E-state index is 5.31. The van der Waals surface area contributed by atoms with Crippen LogP contribution in [0.5, 0.6) is 0 Å². The molecule has 0 aromatic heterocycles. The largest absolute Gasteiger partial charge is 0.382 e. The molecule has 0 aliphatic heterocycles. The van der Waals surface area contributed by atoms with Crippen molar-refractivity contribution >= 4 is 0 Å². The van der Waals surface area contributed by atoms with Crippen molar-refractivity contribution in [2.75, 3.05) is 13.2 Å². The van der Waals surface area contributed by atoms with Gasteiger partial charge in [0.1, 0.15) is 0 Å². The van der Waals surface area contributed by atoms with Crippen molar-refractivity contribution in [3.8, 4) is 0 Å². The second kappa shape index (κ2) is 10.7. The molecular formula is C15H26O. The van der Waals surface area contributed by atoms with E-state index in [1.807, 2.05) is 20.8 Å². The van der Waals surface area contributed by atoms with Crippen LogP contribution in [0.2, 0.25) is 0 Å². The molecule has 16 heavy (non-hydrogen) atoms. The minimum atomic E-state index is 0.828. The third-order valence-corrected chi connectivity index (χ3v) is 2.36. The molecule has 1 nitrogen and oxygen atoms in total. The standard InChI is InChI=1S/C13H20O.C2H6/c1-3-12-7-5-8-13(11-12)9-6-10-14-4-2;1-2/h5,7-8,11H,3-4,6,9-10H2,1-2H3;1-2H3. The fraction of sp³-hybridized carbons (Fsp3) is 0.600. The minimum Gasteiger partial charge on any atom is -0.382 e. The Kier molecular flexibility index (Phi) is 10.1. The minimum absolute atomic E-state index is 0.828. The predicted molar refractivity (Wildman–Crippen MR) is 72.0 cm³/mol. The molecule has 1 rings (SSSR count). The molecule has 0 N–H and O–H groups in total. The van der Waals surface area contributed by atoms with E-state index in [4.69, 9.17) is 4.74 Å². The summed E-state index contributed by atoms with van der Waals surface area (Å²) < 4.78 is 5.31. The van der Waals surface area contributed by atoms with Crippen LogP contribution in [0.4, 0.5) is 0 Å². The zero-order chi connectivity index (χ0) is 12.2. The summed E-state index contributed by atoms with van der Waals surface area (Å²) in [5.74, 6) is 0. The second-order valence-electron chi connectivity index (χ2n) is 3.47. The topological polar surface area (TPSA) is 9.23 Å². The van der Waals surface area contributed by atoms with E-state index in [0.717, 1.165) is 32.5 Å². The van der Waals surface area contributed by atoms with E-state index >= 15 is 0 Å². The van der Waals surface area contributed by atoms with Gasteiger partial charge in [-0.05, 0) is 37.3 Å². The number of hydrogen-bond donors (Lipinski definition) is 0. The Balaban J connectivity index is 0.00000106. The molecule has 0 atom stereocenters. The lowest BCUT2D eigenvalue weighted by Gasteiger charge is -2.03. The number of ether oxygens (including phenoxy) is 1. The normalized spacial score (nSPS) is 9.50. The van der Waals surface area contributed by atoms with Crippen LogP contribution in [0.25, 0.3) is 0 Å². The molecule has 0 amide bonds. The van der Waals surface area contributed by atoms with Crippen molar-refractivity contribution in [2.24, 2.45) is 0 Å². The molecule has 1 heteroatoms.